The summed E-state index contributed by atoms with van der Waals surface area (Å²) in [6, 6.07) is 1.46. The van der Waals surface area contributed by atoms with Crippen LogP contribution < -0.4 is 11.0 Å². The predicted molar refractivity (Wildman–Crippen MR) is 74.0 cm³/mol. The van der Waals surface area contributed by atoms with Crippen molar-refractivity contribution in [1.82, 2.24) is 9.55 Å². The molecule has 1 fully saturated rings. The third-order valence-electron chi connectivity index (χ3n) is 3.12. The first-order valence-corrected chi connectivity index (χ1v) is 6.71. The van der Waals surface area contributed by atoms with E-state index in [0.717, 1.165) is 0 Å². The number of carbonyl (C=O) groups is 2. The Balaban J connectivity index is 2.17. The minimum absolute atomic E-state index is 0.141. The molecule has 1 amide bonds. The number of hydrogen-bond acceptors (Lipinski definition) is 7. The second kappa shape index (κ2) is 6.67. The molecule has 2 heterocycles. The summed E-state index contributed by atoms with van der Waals surface area (Å²) in [6.45, 7) is 2.24. The van der Waals surface area contributed by atoms with Crippen molar-refractivity contribution < 1.29 is 24.2 Å². The molecule has 0 saturated carbocycles. The van der Waals surface area contributed by atoms with E-state index in [1.54, 1.807) is 0 Å². The van der Waals surface area contributed by atoms with Gasteiger partial charge in [0.05, 0.1) is 6.61 Å². The lowest BCUT2D eigenvalue weighted by Gasteiger charge is -2.15. The van der Waals surface area contributed by atoms with Gasteiger partial charge in [0, 0.05) is 26.5 Å². The second-order valence-electron chi connectivity index (χ2n) is 4.88. The Bertz CT molecular complexity index is 628. The molecule has 3 atom stereocenters. The van der Waals surface area contributed by atoms with Crippen molar-refractivity contribution in [1.29, 1.82) is 0 Å². The summed E-state index contributed by atoms with van der Waals surface area (Å²) >= 11 is 0. The van der Waals surface area contributed by atoms with Crippen LogP contribution in [0.4, 0.5) is 5.82 Å². The summed E-state index contributed by atoms with van der Waals surface area (Å²) < 4.78 is 11.8. The van der Waals surface area contributed by atoms with Crippen LogP contribution in [0.3, 0.4) is 0 Å². The SMILES string of the molecule is CC(=O)Nc1ccn([C@H]2C[C@H](OC(C)=O)[C@@H](CO)O2)c(=O)n1. The van der Waals surface area contributed by atoms with Crippen molar-refractivity contribution in [2.75, 3.05) is 11.9 Å². The normalized spacial score (nSPS) is 24.0. The largest absolute Gasteiger partial charge is 0.460 e. The highest BCUT2D eigenvalue weighted by Gasteiger charge is 2.38. The molecule has 1 aromatic heterocycles. The maximum atomic E-state index is 12.0. The van der Waals surface area contributed by atoms with Gasteiger partial charge in [-0.05, 0) is 6.07 Å². The Morgan fingerprint density at radius 1 is 1.55 bits per heavy atom. The van der Waals surface area contributed by atoms with E-state index >= 15 is 0 Å². The summed E-state index contributed by atoms with van der Waals surface area (Å²) in [7, 11) is 0. The van der Waals surface area contributed by atoms with Gasteiger partial charge in [-0.3, -0.25) is 14.2 Å². The maximum Gasteiger partial charge on any atom is 0.351 e. The molecule has 9 heteroatoms. The Morgan fingerprint density at radius 2 is 2.27 bits per heavy atom. The Kier molecular flexibility index (Phi) is 4.88. The van der Waals surface area contributed by atoms with Crippen molar-refractivity contribution >= 4 is 17.7 Å². The smallest absolute Gasteiger partial charge is 0.351 e. The van der Waals surface area contributed by atoms with Crippen LogP contribution in [0.25, 0.3) is 0 Å². The molecule has 2 rings (SSSR count). The third kappa shape index (κ3) is 3.68. The van der Waals surface area contributed by atoms with Gasteiger partial charge in [0.15, 0.2) is 0 Å². The predicted octanol–water partition coefficient (Wildman–Crippen LogP) is -0.587. The van der Waals surface area contributed by atoms with E-state index in [1.165, 1.54) is 30.7 Å². The summed E-state index contributed by atoms with van der Waals surface area (Å²) in [5.74, 6) is -0.682. The van der Waals surface area contributed by atoms with Crippen LogP contribution in [0.15, 0.2) is 17.1 Å². The monoisotopic (exact) mass is 311 g/mol. The molecule has 0 bridgehead atoms. The van der Waals surface area contributed by atoms with E-state index in [4.69, 9.17) is 9.47 Å². The zero-order chi connectivity index (χ0) is 16.3. The quantitative estimate of drug-likeness (QED) is 0.713. The highest BCUT2D eigenvalue weighted by molar-refractivity contribution is 5.87. The van der Waals surface area contributed by atoms with Gasteiger partial charge in [0.2, 0.25) is 5.91 Å². The number of hydrogen-bond donors (Lipinski definition) is 2. The molecular formula is C13H17N3O6. The van der Waals surface area contributed by atoms with E-state index in [-0.39, 0.29) is 24.8 Å². The standard InChI is InChI=1S/C13H17N3O6/c1-7(18)14-11-3-4-16(13(20)15-11)12-5-9(21-8(2)19)10(6-17)22-12/h3-4,9-10,12,17H,5-6H2,1-2H3,(H,14,15,18,20)/t9-,10+,12+/m0/s1. The van der Waals surface area contributed by atoms with Gasteiger partial charge in [-0.25, -0.2) is 4.79 Å². The van der Waals surface area contributed by atoms with E-state index in [1.807, 2.05) is 0 Å². The van der Waals surface area contributed by atoms with Crippen LogP contribution >= 0.6 is 0 Å². The molecule has 1 aromatic rings. The molecule has 0 aromatic carbocycles. The van der Waals surface area contributed by atoms with Gasteiger partial charge < -0.3 is 19.9 Å². The van der Waals surface area contributed by atoms with Gasteiger partial charge in [-0.15, -0.1) is 0 Å². The lowest BCUT2D eigenvalue weighted by molar-refractivity contribution is -0.150. The zero-order valence-electron chi connectivity index (χ0n) is 12.2. The van der Waals surface area contributed by atoms with Crippen molar-refractivity contribution in [3.05, 3.63) is 22.7 Å². The average Bonchev–Trinajstić information content (AvgIpc) is 2.80. The number of carbonyl (C=O) groups excluding carboxylic acids is 2. The Labute approximate surface area is 125 Å². The fourth-order valence-electron chi connectivity index (χ4n) is 2.25. The number of esters is 1. The molecule has 1 aliphatic rings. The van der Waals surface area contributed by atoms with Crippen LogP contribution in [-0.2, 0) is 19.1 Å². The fraction of sp³-hybridized carbons (Fsp3) is 0.538. The number of anilines is 1. The number of aromatic nitrogens is 2. The molecule has 22 heavy (non-hydrogen) atoms. The fourth-order valence-corrected chi connectivity index (χ4v) is 2.25. The van der Waals surface area contributed by atoms with Crippen molar-refractivity contribution in [3.63, 3.8) is 0 Å². The molecule has 0 unspecified atom stereocenters. The molecule has 0 spiro atoms. The first-order chi connectivity index (χ1) is 10.4. The summed E-state index contributed by atoms with van der Waals surface area (Å²) in [5.41, 5.74) is -0.614. The molecule has 1 saturated heterocycles. The van der Waals surface area contributed by atoms with E-state index in [2.05, 4.69) is 10.3 Å². The van der Waals surface area contributed by atoms with Crippen LogP contribution in [0, 0.1) is 0 Å². The summed E-state index contributed by atoms with van der Waals surface area (Å²) in [5, 5.41) is 11.7. The van der Waals surface area contributed by atoms with Crippen LogP contribution in [0.1, 0.15) is 26.5 Å². The highest BCUT2D eigenvalue weighted by atomic mass is 16.6. The number of nitrogens with zero attached hydrogens (tertiary/aromatic N) is 2. The molecule has 0 aliphatic carbocycles. The van der Waals surface area contributed by atoms with Crippen molar-refractivity contribution in [2.24, 2.45) is 0 Å². The van der Waals surface area contributed by atoms with Gasteiger partial charge >= 0.3 is 11.7 Å². The third-order valence-corrected chi connectivity index (χ3v) is 3.12. The number of amides is 1. The summed E-state index contributed by atoms with van der Waals surface area (Å²) in [4.78, 5) is 37.7. The van der Waals surface area contributed by atoms with Gasteiger partial charge in [0.1, 0.15) is 24.3 Å². The number of ether oxygens (including phenoxy) is 2. The number of rotatable bonds is 4. The summed E-state index contributed by atoms with van der Waals surface area (Å²) in [6.07, 6.45) is -0.375. The zero-order valence-corrected chi connectivity index (χ0v) is 12.2. The first-order valence-electron chi connectivity index (χ1n) is 6.71. The Hall–Kier alpha value is -2.26. The number of aliphatic hydroxyl groups is 1. The second-order valence-corrected chi connectivity index (χ2v) is 4.88. The lowest BCUT2D eigenvalue weighted by atomic mass is 10.2. The minimum atomic E-state index is -0.701. The van der Waals surface area contributed by atoms with Crippen LogP contribution in [0.2, 0.25) is 0 Å². The minimum Gasteiger partial charge on any atom is -0.460 e. The van der Waals surface area contributed by atoms with E-state index in [9.17, 15) is 19.5 Å². The lowest BCUT2D eigenvalue weighted by Crippen LogP contribution is -2.29. The highest BCUT2D eigenvalue weighted by Crippen LogP contribution is 2.29. The van der Waals surface area contributed by atoms with Crippen molar-refractivity contribution in [3.8, 4) is 0 Å². The average molecular weight is 311 g/mol. The molecule has 1 aliphatic heterocycles. The molecule has 0 radical (unpaired) electrons. The van der Waals surface area contributed by atoms with Crippen LogP contribution in [-0.4, -0.2) is 45.3 Å². The topological polar surface area (TPSA) is 120 Å². The van der Waals surface area contributed by atoms with E-state index < -0.39 is 30.1 Å². The maximum absolute atomic E-state index is 12.0. The molecule has 2 N–H and O–H groups in total. The molecule has 120 valence electrons. The first kappa shape index (κ1) is 16.1. The molecular weight excluding hydrogens is 294 g/mol. The number of aliphatic hydroxyl groups excluding tert-OH is 1. The number of nitrogens with one attached hydrogen (secondary N) is 1. The van der Waals surface area contributed by atoms with Gasteiger partial charge in [-0.2, -0.15) is 4.98 Å². The molecule has 9 nitrogen and oxygen atoms in total. The van der Waals surface area contributed by atoms with E-state index in [0.29, 0.717) is 0 Å². The van der Waals surface area contributed by atoms with Crippen molar-refractivity contribution in [2.45, 2.75) is 38.7 Å². The van der Waals surface area contributed by atoms with Gasteiger partial charge in [-0.1, -0.05) is 0 Å². The van der Waals surface area contributed by atoms with Gasteiger partial charge in [0.25, 0.3) is 0 Å². The van der Waals surface area contributed by atoms with Crippen LogP contribution in [0.5, 0.6) is 0 Å². The Morgan fingerprint density at radius 3 is 2.82 bits per heavy atom.